The quantitative estimate of drug-likeness (QED) is 0.753. The van der Waals surface area contributed by atoms with E-state index in [-0.39, 0.29) is 17.7 Å². The fourth-order valence-electron chi connectivity index (χ4n) is 2.24. The van der Waals surface area contributed by atoms with Crippen molar-refractivity contribution in [1.82, 2.24) is 0 Å². The lowest BCUT2D eigenvalue weighted by Gasteiger charge is -2.10. The van der Waals surface area contributed by atoms with Gasteiger partial charge in [0.05, 0.1) is 6.10 Å². The molecule has 1 fully saturated rings. The van der Waals surface area contributed by atoms with E-state index < -0.39 is 0 Å². The lowest BCUT2D eigenvalue weighted by molar-refractivity contribution is 0.0775. The van der Waals surface area contributed by atoms with Crippen LogP contribution in [0.2, 0.25) is 0 Å². The van der Waals surface area contributed by atoms with E-state index >= 15 is 0 Å². The standard InChI is InChI=1S/C14H17FO2/c1-9-6-11(7-10(2)14(9)15)13(16)8-12-4-3-5-17-12/h6-7,12H,3-5,8H2,1-2H3. The van der Waals surface area contributed by atoms with E-state index in [1.165, 1.54) is 0 Å². The molecule has 1 saturated heterocycles. The van der Waals surface area contributed by atoms with Crippen LogP contribution in [0.15, 0.2) is 12.1 Å². The molecule has 0 aliphatic carbocycles. The summed E-state index contributed by atoms with van der Waals surface area (Å²) in [5, 5.41) is 0. The zero-order valence-electron chi connectivity index (χ0n) is 10.3. The maximum absolute atomic E-state index is 13.4. The van der Waals surface area contributed by atoms with Crippen molar-refractivity contribution in [2.75, 3.05) is 6.61 Å². The predicted molar refractivity (Wildman–Crippen MR) is 63.8 cm³/mol. The van der Waals surface area contributed by atoms with Crippen LogP contribution in [0.5, 0.6) is 0 Å². The molecule has 0 amide bonds. The number of hydrogen-bond acceptors (Lipinski definition) is 2. The average molecular weight is 236 g/mol. The van der Waals surface area contributed by atoms with Crippen LogP contribution in [-0.4, -0.2) is 18.5 Å². The number of Topliss-reactive ketones (excluding diaryl/α,β-unsaturated/α-hetero) is 1. The van der Waals surface area contributed by atoms with Gasteiger partial charge in [-0.05, 0) is 49.9 Å². The number of carbonyl (C=O) groups is 1. The van der Waals surface area contributed by atoms with Gasteiger partial charge in [-0.3, -0.25) is 4.79 Å². The Labute approximate surface area is 101 Å². The van der Waals surface area contributed by atoms with Crippen molar-refractivity contribution in [3.8, 4) is 0 Å². The molecule has 1 unspecified atom stereocenters. The summed E-state index contributed by atoms with van der Waals surface area (Å²) in [5.74, 6) is -0.179. The summed E-state index contributed by atoms with van der Waals surface area (Å²) >= 11 is 0. The number of rotatable bonds is 3. The second kappa shape index (κ2) is 4.96. The number of benzene rings is 1. The van der Waals surface area contributed by atoms with Gasteiger partial charge >= 0.3 is 0 Å². The molecule has 1 atom stereocenters. The first-order valence-electron chi connectivity index (χ1n) is 5.99. The minimum absolute atomic E-state index is 0.0445. The Balaban J connectivity index is 2.13. The number of ketones is 1. The number of hydrogen-bond donors (Lipinski definition) is 0. The van der Waals surface area contributed by atoms with Crippen LogP contribution in [0, 0.1) is 19.7 Å². The second-order valence-electron chi connectivity index (χ2n) is 4.69. The Hall–Kier alpha value is -1.22. The molecule has 2 nitrogen and oxygen atoms in total. The first-order valence-corrected chi connectivity index (χ1v) is 5.99. The summed E-state index contributed by atoms with van der Waals surface area (Å²) in [4.78, 5) is 12.0. The van der Waals surface area contributed by atoms with Crippen LogP contribution in [0.3, 0.4) is 0 Å². The fourth-order valence-corrected chi connectivity index (χ4v) is 2.24. The normalized spacial score (nSPS) is 19.6. The highest BCUT2D eigenvalue weighted by Crippen LogP contribution is 2.20. The number of carbonyl (C=O) groups excluding carboxylic acids is 1. The second-order valence-corrected chi connectivity index (χ2v) is 4.69. The molecule has 0 aromatic heterocycles. The Morgan fingerprint density at radius 1 is 1.41 bits per heavy atom. The summed E-state index contributed by atoms with van der Waals surface area (Å²) in [5.41, 5.74) is 1.65. The lowest BCUT2D eigenvalue weighted by atomic mass is 9.99. The first-order chi connectivity index (χ1) is 8.08. The van der Waals surface area contributed by atoms with Gasteiger partial charge in [-0.2, -0.15) is 0 Å². The molecule has 17 heavy (non-hydrogen) atoms. The molecule has 0 N–H and O–H groups in total. The Kier molecular flexibility index (Phi) is 3.57. The van der Waals surface area contributed by atoms with Crippen molar-refractivity contribution in [3.05, 3.63) is 34.6 Å². The Bertz CT molecular complexity index is 411. The maximum atomic E-state index is 13.4. The van der Waals surface area contributed by atoms with E-state index in [0.29, 0.717) is 23.1 Å². The van der Waals surface area contributed by atoms with E-state index in [1.54, 1.807) is 26.0 Å². The average Bonchev–Trinajstić information content (AvgIpc) is 2.77. The molecule has 1 aliphatic heterocycles. The smallest absolute Gasteiger partial charge is 0.165 e. The van der Waals surface area contributed by atoms with Crippen molar-refractivity contribution in [1.29, 1.82) is 0 Å². The van der Waals surface area contributed by atoms with Gasteiger partial charge in [0.25, 0.3) is 0 Å². The largest absolute Gasteiger partial charge is 0.378 e. The van der Waals surface area contributed by atoms with E-state index in [2.05, 4.69) is 0 Å². The summed E-state index contributed by atoms with van der Waals surface area (Å²) in [6, 6.07) is 3.25. The maximum Gasteiger partial charge on any atom is 0.165 e. The molecule has 3 heteroatoms. The summed E-state index contributed by atoms with van der Waals surface area (Å²) in [7, 11) is 0. The van der Waals surface area contributed by atoms with Crippen LogP contribution >= 0.6 is 0 Å². The number of aryl methyl sites for hydroxylation is 2. The van der Waals surface area contributed by atoms with Gasteiger partial charge in [-0.1, -0.05) is 0 Å². The van der Waals surface area contributed by atoms with Gasteiger partial charge in [0.1, 0.15) is 5.82 Å². The molecular weight excluding hydrogens is 219 g/mol. The minimum atomic E-state index is -0.223. The highest BCUT2D eigenvalue weighted by molar-refractivity contribution is 5.96. The zero-order chi connectivity index (χ0) is 12.4. The predicted octanol–water partition coefficient (Wildman–Crippen LogP) is 3.19. The first kappa shape index (κ1) is 12.2. The van der Waals surface area contributed by atoms with Crippen LogP contribution < -0.4 is 0 Å². The minimum Gasteiger partial charge on any atom is -0.378 e. The fraction of sp³-hybridized carbons (Fsp3) is 0.500. The van der Waals surface area contributed by atoms with Crippen LogP contribution in [-0.2, 0) is 4.74 Å². The van der Waals surface area contributed by atoms with Crippen LogP contribution in [0.25, 0.3) is 0 Å². The molecule has 1 aromatic carbocycles. The summed E-state index contributed by atoms with van der Waals surface area (Å²) in [6.45, 7) is 4.12. The van der Waals surface area contributed by atoms with E-state index in [4.69, 9.17) is 4.74 Å². The SMILES string of the molecule is Cc1cc(C(=O)CC2CCCO2)cc(C)c1F. The molecule has 1 heterocycles. The third-order valence-electron chi connectivity index (χ3n) is 3.20. The van der Waals surface area contributed by atoms with Gasteiger partial charge < -0.3 is 4.74 Å². The molecule has 92 valence electrons. The van der Waals surface area contributed by atoms with E-state index in [1.807, 2.05) is 0 Å². The molecule has 0 radical (unpaired) electrons. The molecule has 2 rings (SSSR count). The van der Waals surface area contributed by atoms with E-state index in [0.717, 1.165) is 19.4 Å². The van der Waals surface area contributed by atoms with Gasteiger partial charge in [0.2, 0.25) is 0 Å². The zero-order valence-corrected chi connectivity index (χ0v) is 10.3. The summed E-state index contributed by atoms with van der Waals surface area (Å²) in [6.07, 6.45) is 2.43. The van der Waals surface area contributed by atoms with Gasteiger partial charge in [-0.25, -0.2) is 4.39 Å². The number of ether oxygens (including phenoxy) is 1. The van der Waals surface area contributed by atoms with Crippen molar-refractivity contribution >= 4 is 5.78 Å². The lowest BCUT2D eigenvalue weighted by Crippen LogP contribution is -2.13. The highest BCUT2D eigenvalue weighted by atomic mass is 19.1. The van der Waals surface area contributed by atoms with Crippen molar-refractivity contribution in [2.24, 2.45) is 0 Å². The molecule has 0 spiro atoms. The van der Waals surface area contributed by atoms with Crippen molar-refractivity contribution in [2.45, 2.75) is 39.2 Å². The monoisotopic (exact) mass is 236 g/mol. The molecule has 0 saturated carbocycles. The third kappa shape index (κ3) is 2.72. The molecular formula is C14H17FO2. The molecule has 1 aliphatic rings. The Morgan fingerprint density at radius 2 is 2.06 bits per heavy atom. The third-order valence-corrected chi connectivity index (χ3v) is 3.20. The Morgan fingerprint density at radius 3 is 2.59 bits per heavy atom. The van der Waals surface area contributed by atoms with Crippen LogP contribution in [0.1, 0.15) is 40.7 Å². The van der Waals surface area contributed by atoms with Crippen molar-refractivity contribution < 1.29 is 13.9 Å². The van der Waals surface area contributed by atoms with Gasteiger partial charge in [-0.15, -0.1) is 0 Å². The van der Waals surface area contributed by atoms with Crippen LogP contribution in [0.4, 0.5) is 4.39 Å². The highest BCUT2D eigenvalue weighted by Gasteiger charge is 2.20. The molecule has 0 bridgehead atoms. The summed E-state index contributed by atoms with van der Waals surface area (Å²) < 4.78 is 18.9. The topological polar surface area (TPSA) is 26.3 Å². The molecule has 1 aromatic rings. The van der Waals surface area contributed by atoms with Gasteiger partial charge in [0, 0.05) is 18.6 Å². The number of halogens is 1. The van der Waals surface area contributed by atoms with E-state index in [9.17, 15) is 9.18 Å². The van der Waals surface area contributed by atoms with Crippen molar-refractivity contribution in [3.63, 3.8) is 0 Å². The van der Waals surface area contributed by atoms with Gasteiger partial charge in [0.15, 0.2) is 5.78 Å².